The smallest absolute Gasteiger partial charge is 0.233 e. The van der Waals surface area contributed by atoms with Crippen molar-refractivity contribution in [1.29, 1.82) is 0 Å². The molecule has 110 valence electrons. The Morgan fingerprint density at radius 1 is 1.35 bits per heavy atom. The Kier molecular flexibility index (Phi) is 5.06. The van der Waals surface area contributed by atoms with Crippen LogP contribution >= 0.6 is 11.6 Å². The molecule has 0 aliphatic heterocycles. The molecule has 0 heterocycles. The van der Waals surface area contributed by atoms with E-state index in [1.54, 1.807) is 0 Å². The van der Waals surface area contributed by atoms with Crippen molar-refractivity contribution >= 4 is 17.5 Å². The van der Waals surface area contributed by atoms with Gasteiger partial charge in [0, 0.05) is 17.0 Å². The fourth-order valence-electron chi connectivity index (χ4n) is 2.20. The predicted molar refractivity (Wildman–Crippen MR) is 83.1 cm³/mol. The van der Waals surface area contributed by atoms with Crippen molar-refractivity contribution in [3.8, 4) is 0 Å². The number of amides is 1. The Hall–Kier alpha value is -1.06. The number of hydrogen-bond acceptors (Lipinski definition) is 2. The molecule has 2 N–H and O–H groups in total. The molecular weight excluding hydrogens is 272 g/mol. The van der Waals surface area contributed by atoms with Gasteiger partial charge >= 0.3 is 0 Å². The molecule has 0 atom stereocenters. The standard InChI is InChI=1S/C16H23ClN2O/c1-16(2,13-5-3-4-6-14(13)17)11-19-15(20)10-18-9-12-7-8-12/h3-6,12,18H,7-11H2,1-2H3,(H,19,20). The van der Waals surface area contributed by atoms with Gasteiger partial charge in [0.25, 0.3) is 0 Å². The lowest BCUT2D eigenvalue weighted by Crippen LogP contribution is -2.41. The number of carbonyl (C=O) groups excluding carboxylic acids is 1. The second kappa shape index (κ2) is 6.59. The van der Waals surface area contributed by atoms with Crippen molar-refractivity contribution < 1.29 is 4.79 Å². The monoisotopic (exact) mass is 294 g/mol. The molecule has 1 aliphatic carbocycles. The van der Waals surface area contributed by atoms with Gasteiger partial charge in [0.2, 0.25) is 5.91 Å². The van der Waals surface area contributed by atoms with Crippen LogP contribution in [0, 0.1) is 5.92 Å². The van der Waals surface area contributed by atoms with Gasteiger partial charge in [-0.15, -0.1) is 0 Å². The van der Waals surface area contributed by atoms with Crippen LogP contribution in [-0.2, 0) is 10.2 Å². The number of benzene rings is 1. The van der Waals surface area contributed by atoms with Crippen LogP contribution < -0.4 is 10.6 Å². The van der Waals surface area contributed by atoms with Crippen LogP contribution in [-0.4, -0.2) is 25.5 Å². The van der Waals surface area contributed by atoms with Crippen LogP contribution in [0.2, 0.25) is 5.02 Å². The SMILES string of the molecule is CC(C)(CNC(=O)CNCC1CC1)c1ccccc1Cl. The lowest BCUT2D eigenvalue weighted by Gasteiger charge is -2.26. The van der Waals surface area contributed by atoms with Gasteiger partial charge < -0.3 is 10.6 Å². The Morgan fingerprint density at radius 2 is 2.05 bits per heavy atom. The molecule has 0 aromatic heterocycles. The molecule has 3 nitrogen and oxygen atoms in total. The zero-order chi connectivity index (χ0) is 14.6. The minimum atomic E-state index is -0.176. The van der Waals surface area contributed by atoms with E-state index < -0.39 is 0 Å². The van der Waals surface area contributed by atoms with E-state index in [0.29, 0.717) is 13.1 Å². The summed E-state index contributed by atoms with van der Waals surface area (Å²) in [5, 5.41) is 6.93. The summed E-state index contributed by atoms with van der Waals surface area (Å²) in [7, 11) is 0. The maximum Gasteiger partial charge on any atom is 0.233 e. The van der Waals surface area contributed by atoms with Crippen molar-refractivity contribution in [2.45, 2.75) is 32.1 Å². The zero-order valence-corrected chi connectivity index (χ0v) is 13.0. The first-order valence-electron chi connectivity index (χ1n) is 7.21. The summed E-state index contributed by atoms with van der Waals surface area (Å²) in [6.07, 6.45) is 2.60. The van der Waals surface area contributed by atoms with Crippen molar-refractivity contribution in [2.24, 2.45) is 5.92 Å². The highest BCUT2D eigenvalue weighted by Gasteiger charge is 2.24. The number of hydrogen-bond donors (Lipinski definition) is 2. The highest BCUT2D eigenvalue weighted by Crippen LogP contribution is 2.29. The molecule has 0 saturated heterocycles. The van der Waals surface area contributed by atoms with Crippen LogP contribution in [0.4, 0.5) is 0 Å². The van der Waals surface area contributed by atoms with Crippen molar-refractivity contribution in [3.63, 3.8) is 0 Å². The largest absolute Gasteiger partial charge is 0.354 e. The third-order valence-electron chi connectivity index (χ3n) is 3.75. The van der Waals surface area contributed by atoms with E-state index in [-0.39, 0.29) is 11.3 Å². The molecule has 0 unspecified atom stereocenters. The van der Waals surface area contributed by atoms with E-state index in [4.69, 9.17) is 11.6 Å². The number of rotatable bonds is 7. The highest BCUT2D eigenvalue weighted by molar-refractivity contribution is 6.31. The number of carbonyl (C=O) groups is 1. The van der Waals surface area contributed by atoms with E-state index in [2.05, 4.69) is 24.5 Å². The van der Waals surface area contributed by atoms with E-state index >= 15 is 0 Å². The van der Waals surface area contributed by atoms with E-state index in [1.807, 2.05) is 24.3 Å². The average molecular weight is 295 g/mol. The predicted octanol–water partition coefficient (Wildman–Crippen LogP) is 2.73. The molecule has 4 heteroatoms. The fraction of sp³-hybridized carbons (Fsp3) is 0.562. The van der Waals surface area contributed by atoms with E-state index in [0.717, 1.165) is 23.0 Å². The maximum atomic E-state index is 11.8. The third kappa shape index (κ3) is 4.50. The summed E-state index contributed by atoms with van der Waals surface area (Å²) in [5.74, 6) is 0.841. The minimum Gasteiger partial charge on any atom is -0.354 e. The van der Waals surface area contributed by atoms with Gasteiger partial charge in [-0.25, -0.2) is 0 Å². The Bertz CT molecular complexity index is 469. The molecule has 2 rings (SSSR count). The lowest BCUT2D eigenvalue weighted by molar-refractivity contribution is -0.120. The normalized spacial score (nSPS) is 15.2. The second-order valence-corrected chi connectivity index (χ2v) is 6.62. The van der Waals surface area contributed by atoms with Crippen LogP contribution in [0.1, 0.15) is 32.3 Å². The van der Waals surface area contributed by atoms with Gasteiger partial charge in [-0.1, -0.05) is 43.6 Å². The Balaban J connectivity index is 1.79. The molecule has 0 bridgehead atoms. The second-order valence-electron chi connectivity index (χ2n) is 6.21. The summed E-state index contributed by atoms with van der Waals surface area (Å²) in [4.78, 5) is 11.8. The molecule has 1 aromatic carbocycles. The summed E-state index contributed by atoms with van der Waals surface area (Å²) < 4.78 is 0. The first-order valence-corrected chi connectivity index (χ1v) is 7.59. The van der Waals surface area contributed by atoms with E-state index in [1.165, 1.54) is 12.8 Å². The molecule has 20 heavy (non-hydrogen) atoms. The molecule has 0 radical (unpaired) electrons. The molecule has 1 aliphatic rings. The van der Waals surface area contributed by atoms with Gasteiger partial charge in [0.1, 0.15) is 0 Å². The molecule has 1 aromatic rings. The third-order valence-corrected chi connectivity index (χ3v) is 4.08. The van der Waals surface area contributed by atoms with Crippen LogP contribution in [0.3, 0.4) is 0 Å². The Morgan fingerprint density at radius 3 is 2.70 bits per heavy atom. The summed E-state index contributed by atoms with van der Waals surface area (Å²) >= 11 is 6.22. The van der Waals surface area contributed by atoms with Crippen LogP contribution in [0.15, 0.2) is 24.3 Å². The van der Waals surface area contributed by atoms with Gasteiger partial charge in [0.05, 0.1) is 6.54 Å². The van der Waals surface area contributed by atoms with Crippen molar-refractivity contribution in [2.75, 3.05) is 19.6 Å². The van der Waals surface area contributed by atoms with Gasteiger partial charge in [0.15, 0.2) is 0 Å². The van der Waals surface area contributed by atoms with Gasteiger partial charge in [-0.05, 0) is 36.9 Å². The maximum absolute atomic E-state index is 11.8. The molecule has 0 spiro atoms. The first kappa shape index (κ1) is 15.3. The topological polar surface area (TPSA) is 41.1 Å². The van der Waals surface area contributed by atoms with Crippen LogP contribution in [0.25, 0.3) is 0 Å². The molecular formula is C16H23ClN2O. The van der Waals surface area contributed by atoms with E-state index in [9.17, 15) is 4.79 Å². The van der Waals surface area contributed by atoms with Crippen LogP contribution in [0.5, 0.6) is 0 Å². The first-order chi connectivity index (χ1) is 9.49. The highest BCUT2D eigenvalue weighted by atomic mass is 35.5. The van der Waals surface area contributed by atoms with Gasteiger partial charge in [-0.2, -0.15) is 0 Å². The van der Waals surface area contributed by atoms with Gasteiger partial charge in [-0.3, -0.25) is 4.79 Å². The zero-order valence-electron chi connectivity index (χ0n) is 12.2. The summed E-state index contributed by atoms with van der Waals surface area (Å²) in [6.45, 7) is 6.12. The average Bonchev–Trinajstić information content (AvgIpc) is 3.21. The quantitative estimate of drug-likeness (QED) is 0.812. The lowest BCUT2D eigenvalue weighted by atomic mass is 9.84. The molecule has 1 saturated carbocycles. The van der Waals surface area contributed by atoms with Crippen molar-refractivity contribution in [1.82, 2.24) is 10.6 Å². The minimum absolute atomic E-state index is 0.0470. The molecule has 1 amide bonds. The summed E-state index contributed by atoms with van der Waals surface area (Å²) in [6, 6.07) is 7.79. The number of halogens is 1. The summed E-state index contributed by atoms with van der Waals surface area (Å²) in [5.41, 5.74) is 0.887. The molecule has 1 fully saturated rings. The fourth-order valence-corrected chi connectivity index (χ4v) is 2.59. The van der Waals surface area contributed by atoms with Crippen molar-refractivity contribution in [3.05, 3.63) is 34.9 Å². The number of nitrogens with one attached hydrogen (secondary N) is 2. The Labute approximate surface area is 126 Å².